The molecule has 1 aromatic rings. The average molecular weight is 314 g/mol. The molecule has 0 radical (unpaired) electrons. The summed E-state index contributed by atoms with van der Waals surface area (Å²) in [6, 6.07) is 4.98. The first-order valence-electron chi connectivity index (χ1n) is 6.60. The molecule has 0 saturated carbocycles. The predicted octanol–water partition coefficient (Wildman–Crippen LogP) is 1.39. The summed E-state index contributed by atoms with van der Waals surface area (Å²) < 4.78 is 21.9. The maximum atomic E-state index is 12.1. The van der Waals surface area contributed by atoms with Gasteiger partial charge >= 0.3 is 0 Å². The molecule has 1 aromatic carbocycles. The summed E-state index contributed by atoms with van der Waals surface area (Å²) in [6.07, 6.45) is 0.658. The van der Waals surface area contributed by atoms with Crippen molar-refractivity contribution in [3.63, 3.8) is 0 Å². The highest BCUT2D eigenvalue weighted by atomic mass is 32.2. The first kappa shape index (κ1) is 17.5. The third-order valence-electron chi connectivity index (χ3n) is 2.97. The van der Waals surface area contributed by atoms with E-state index in [4.69, 9.17) is 15.2 Å². The van der Waals surface area contributed by atoms with Crippen LogP contribution in [0.5, 0.6) is 5.75 Å². The van der Waals surface area contributed by atoms with E-state index >= 15 is 0 Å². The third-order valence-corrected chi connectivity index (χ3v) is 4.67. The topological polar surface area (TPSA) is 90.7 Å². The van der Waals surface area contributed by atoms with E-state index in [9.17, 15) is 9.00 Å². The molecule has 0 bridgehead atoms. The normalized spacial score (nSPS) is 13.5. The van der Waals surface area contributed by atoms with Gasteiger partial charge in [0.15, 0.2) is 0 Å². The Morgan fingerprint density at radius 2 is 2.14 bits per heavy atom. The Morgan fingerprint density at radius 1 is 1.43 bits per heavy atom. The van der Waals surface area contributed by atoms with E-state index in [-0.39, 0.29) is 5.91 Å². The smallest absolute Gasteiger partial charge is 0.239 e. The number of nitrogens with one attached hydrogen (secondary N) is 1. The molecule has 0 aliphatic carbocycles. The van der Waals surface area contributed by atoms with Crippen molar-refractivity contribution in [2.75, 3.05) is 37.6 Å². The highest BCUT2D eigenvalue weighted by Crippen LogP contribution is 2.24. The number of nitrogens with two attached hydrogens (primary N) is 1. The number of amides is 1. The molecule has 2 atom stereocenters. The molecule has 0 fully saturated rings. The zero-order valence-corrected chi connectivity index (χ0v) is 13.4. The summed E-state index contributed by atoms with van der Waals surface area (Å²) in [5.41, 5.74) is 6.72. The van der Waals surface area contributed by atoms with Gasteiger partial charge in [-0.2, -0.15) is 0 Å². The number of carbonyl (C=O) groups excluding carboxylic acids is 1. The largest absolute Gasteiger partial charge is 0.497 e. The Kier molecular flexibility index (Phi) is 7.18. The SMILES string of the molecule is COCCCS(=O)C(C)C(=O)Nc1ccc(OC)cc1N. The van der Waals surface area contributed by atoms with Gasteiger partial charge in [0.1, 0.15) is 11.0 Å². The summed E-state index contributed by atoms with van der Waals surface area (Å²) in [5, 5.41) is 2.08. The molecule has 2 unspecified atom stereocenters. The van der Waals surface area contributed by atoms with Crippen molar-refractivity contribution in [2.45, 2.75) is 18.6 Å². The number of hydrogen-bond donors (Lipinski definition) is 2. The summed E-state index contributed by atoms with van der Waals surface area (Å²) in [4.78, 5) is 12.1. The Morgan fingerprint density at radius 3 is 2.71 bits per heavy atom. The van der Waals surface area contributed by atoms with Crippen LogP contribution in [0, 0.1) is 0 Å². The van der Waals surface area contributed by atoms with Gasteiger partial charge in [-0.1, -0.05) is 0 Å². The van der Waals surface area contributed by atoms with Crippen molar-refractivity contribution in [2.24, 2.45) is 0 Å². The van der Waals surface area contributed by atoms with Gasteiger partial charge in [-0.15, -0.1) is 0 Å². The molecule has 118 valence electrons. The molecule has 3 N–H and O–H groups in total. The van der Waals surface area contributed by atoms with E-state index in [1.165, 1.54) is 7.11 Å². The Hall–Kier alpha value is -1.60. The van der Waals surface area contributed by atoms with E-state index in [0.29, 0.717) is 35.9 Å². The fourth-order valence-electron chi connectivity index (χ4n) is 1.66. The van der Waals surface area contributed by atoms with Crippen LogP contribution in [0.25, 0.3) is 0 Å². The van der Waals surface area contributed by atoms with Crippen LogP contribution in [0.3, 0.4) is 0 Å². The van der Waals surface area contributed by atoms with Gasteiger partial charge in [-0.05, 0) is 25.5 Å². The van der Waals surface area contributed by atoms with Crippen LogP contribution in [0.15, 0.2) is 18.2 Å². The minimum Gasteiger partial charge on any atom is -0.497 e. The number of hydrogen-bond acceptors (Lipinski definition) is 5. The standard InChI is InChI=1S/C14H22N2O4S/c1-10(21(18)8-4-7-19-2)14(17)16-13-6-5-11(20-3)9-12(13)15/h5-6,9-10H,4,7-8,15H2,1-3H3,(H,16,17). The lowest BCUT2D eigenvalue weighted by Gasteiger charge is -2.14. The van der Waals surface area contributed by atoms with Gasteiger partial charge in [-0.3, -0.25) is 9.00 Å². The maximum Gasteiger partial charge on any atom is 0.239 e. The monoisotopic (exact) mass is 314 g/mol. The van der Waals surface area contributed by atoms with Crippen LogP contribution < -0.4 is 15.8 Å². The molecular weight excluding hydrogens is 292 g/mol. The molecule has 1 rings (SSSR count). The second-order valence-corrected chi connectivity index (χ2v) is 6.39. The highest BCUT2D eigenvalue weighted by molar-refractivity contribution is 7.86. The predicted molar refractivity (Wildman–Crippen MR) is 85.0 cm³/mol. The van der Waals surface area contributed by atoms with Crippen LogP contribution in [-0.2, 0) is 20.3 Å². The molecule has 21 heavy (non-hydrogen) atoms. The Labute approximate surface area is 127 Å². The fourth-order valence-corrected chi connectivity index (χ4v) is 2.71. The summed E-state index contributed by atoms with van der Waals surface area (Å²) in [6.45, 7) is 2.17. The van der Waals surface area contributed by atoms with Gasteiger partial charge in [0.05, 0.1) is 18.5 Å². The number of benzene rings is 1. The van der Waals surface area contributed by atoms with E-state index < -0.39 is 16.0 Å². The molecule has 0 aliphatic rings. The summed E-state index contributed by atoms with van der Waals surface area (Å²) in [7, 11) is 1.89. The molecule has 0 saturated heterocycles. The van der Waals surface area contributed by atoms with Crippen LogP contribution in [0.2, 0.25) is 0 Å². The molecule has 0 spiro atoms. The van der Waals surface area contributed by atoms with Crippen molar-refractivity contribution in [1.82, 2.24) is 0 Å². The lowest BCUT2D eigenvalue weighted by Crippen LogP contribution is -2.30. The molecule has 7 heteroatoms. The van der Waals surface area contributed by atoms with Crippen LogP contribution in [0.1, 0.15) is 13.3 Å². The molecule has 0 aromatic heterocycles. The van der Waals surface area contributed by atoms with E-state index in [1.807, 2.05) is 0 Å². The Balaban J connectivity index is 2.61. The highest BCUT2D eigenvalue weighted by Gasteiger charge is 2.20. The van der Waals surface area contributed by atoms with E-state index in [1.54, 1.807) is 32.2 Å². The van der Waals surface area contributed by atoms with Crippen LogP contribution in [-0.4, -0.2) is 41.9 Å². The number of rotatable bonds is 8. The molecular formula is C14H22N2O4S. The summed E-state index contributed by atoms with van der Waals surface area (Å²) in [5.74, 6) is 0.727. The maximum absolute atomic E-state index is 12.1. The summed E-state index contributed by atoms with van der Waals surface area (Å²) >= 11 is 0. The lowest BCUT2D eigenvalue weighted by atomic mass is 10.2. The lowest BCUT2D eigenvalue weighted by molar-refractivity contribution is -0.115. The van der Waals surface area contributed by atoms with Crippen molar-refractivity contribution in [3.8, 4) is 5.75 Å². The molecule has 0 heterocycles. The minimum atomic E-state index is -1.24. The first-order valence-corrected chi connectivity index (χ1v) is 7.98. The molecule has 6 nitrogen and oxygen atoms in total. The van der Waals surface area contributed by atoms with Crippen molar-refractivity contribution in [3.05, 3.63) is 18.2 Å². The van der Waals surface area contributed by atoms with Gasteiger partial charge in [0.25, 0.3) is 0 Å². The second kappa shape index (κ2) is 8.63. The van der Waals surface area contributed by atoms with Crippen molar-refractivity contribution in [1.29, 1.82) is 0 Å². The van der Waals surface area contributed by atoms with Crippen LogP contribution in [0.4, 0.5) is 11.4 Å². The zero-order chi connectivity index (χ0) is 15.8. The third kappa shape index (κ3) is 5.35. The first-order chi connectivity index (χ1) is 9.99. The minimum absolute atomic E-state index is 0.317. The number of ether oxygens (including phenoxy) is 2. The number of nitrogen functional groups attached to an aromatic ring is 1. The van der Waals surface area contributed by atoms with Gasteiger partial charge < -0.3 is 20.5 Å². The van der Waals surface area contributed by atoms with Crippen LogP contribution >= 0.6 is 0 Å². The Bertz CT molecular complexity index is 508. The second-order valence-electron chi connectivity index (χ2n) is 4.52. The van der Waals surface area contributed by atoms with Gasteiger partial charge in [-0.25, -0.2) is 0 Å². The average Bonchev–Trinajstić information content (AvgIpc) is 2.48. The number of methoxy groups -OCH3 is 2. The van der Waals surface area contributed by atoms with Gasteiger partial charge in [0, 0.05) is 36.3 Å². The quantitative estimate of drug-likeness (QED) is 0.559. The number of anilines is 2. The fraction of sp³-hybridized carbons (Fsp3) is 0.500. The van der Waals surface area contributed by atoms with E-state index in [0.717, 1.165) is 0 Å². The zero-order valence-electron chi connectivity index (χ0n) is 12.5. The number of carbonyl (C=O) groups is 1. The van der Waals surface area contributed by atoms with Crippen molar-refractivity contribution >= 4 is 28.1 Å². The van der Waals surface area contributed by atoms with Crippen molar-refractivity contribution < 1.29 is 18.5 Å². The molecule has 0 aliphatic heterocycles. The van der Waals surface area contributed by atoms with Gasteiger partial charge in [0.2, 0.25) is 5.91 Å². The molecule has 1 amide bonds. The van der Waals surface area contributed by atoms with E-state index in [2.05, 4.69) is 5.32 Å².